The molecule has 0 saturated heterocycles. The first kappa shape index (κ1) is 16.3. The van der Waals surface area contributed by atoms with E-state index >= 15 is 0 Å². The summed E-state index contributed by atoms with van der Waals surface area (Å²) in [5.74, 6) is -0.590. The van der Waals surface area contributed by atoms with Gasteiger partial charge in [0.05, 0.1) is 27.4 Å². The molecule has 6 nitrogen and oxygen atoms in total. The summed E-state index contributed by atoms with van der Waals surface area (Å²) in [7, 11) is 0. The number of benzene rings is 2. The largest absolute Gasteiger partial charge is 0.442 e. The fourth-order valence-electron chi connectivity index (χ4n) is 2.35. The lowest BCUT2D eigenvalue weighted by molar-refractivity contribution is -0.436. The SMILES string of the molecule is O=C1O[C@H](/C(=C\Nc2ccc(Cl)cc2Cl)[N+](=O)[O-])c2ccccc21. The van der Waals surface area contributed by atoms with E-state index in [1.165, 1.54) is 6.07 Å². The second kappa shape index (κ2) is 6.51. The van der Waals surface area contributed by atoms with E-state index in [1.807, 2.05) is 0 Å². The van der Waals surface area contributed by atoms with Crippen molar-refractivity contribution in [2.24, 2.45) is 0 Å². The number of cyclic esters (lactones) is 1. The maximum Gasteiger partial charge on any atom is 0.339 e. The van der Waals surface area contributed by atoms with Crippen molar-refractivity contribution in [1.29, 1.82) is 0 Å². The van der Waals surface area contributed by atoms with E-state index in [9.17, 15) is 14.9 Å². The monoisotopic (exact) mass is 364 g/mol. The fraction of sp³-hybridized carbons (Fsp3) is 0.0625. The van der Waals surface area contributed by atoms with Crippen LogP contribution in [-0.4, -0.2) is 10.9 Å². The molecular weight excluding hydrogens is 355 g/mol. The zero-order valence-electron chi connectivity index (χ0n) is 12.0. The van der Waals surface area contributed by atoms with Gasteiger partial charge in [0.15, 0.2) is 0 Å². The van der Waals surface area contributed by atoms with Crippen molar-refractivity contribution in [3.8, 4) is 0 Å². The second-order valence-corrected chi connectivity index (χ2v) is 5.81. The first-order valence-electron chi connectivity index (χ1n) is 6.83. The number of rotatable bonds is 4. The van der Waals surface area contributed by atoms with Crippen molar-refractivity contribution >= 4 is 34.9 Å². The molecule has 0 amide bonds. The zero-order chi connectivity index (χ0) is 17.3. The standard InChI is InChI=1S/C16H10Cl2N2O4/c17-9-5-6-13(12(18)7-9)19-8-14(20(22)23)15-10-3-1-2-4-11(10)16(21)24-15/h1-8,15,19H/b14-8+/t15-/m0/s1. The summed E-state index contributed by atoms with van der Waals surface area (Å²) in [6.07, 6.45) is 0.0806. The quantitative estimate of drug-likeness (QED) is 0.492. The van der Waals surface area contributed by atoms with Gasteiger partial charge in [0.1, 0.15) is 0 Å². The van der Waals surface area contributed by atoms with Gasteiger partial charge in [-0.2, -0.15) is 0 Å². The maximum atomic E-state index is 11.8. The number of anilines is 1. The smallest absolute Gasteiger partial charge is 0.339 e. The first-order chi connectivity index (χ1) is 11.5. The average molecular weight is 365 g/mol. The summed E-state index contributed by atoms with van der Waals surface area (Å²) >= 11 is 11.8. The van der Waals surface area contributed by atoms with E-state index in [4.69, 9.17) is 27.9 Å². The Morgan fingerprint density at radius 2 is 2.00 bits per heavy atom. The minimum Gasteiger partial charge on any atom is -0.442 e. The van der Waals surface area contributed by atoms with Crippen LogP contribution in [0.2, 0.25) is 10.0 Å². The van der Waals surface area contributed by atoms with Gasteiger partial charge in [-0.15, -0.1) is 0 Å². The van der Waals surface area contributed by atoms with Crippen LogP contribution >= 0.6 is 23.2 Å². The number of hydrogen-bond donors (Lipinski definition) is 1. The van der Waals surface area contributed by atoms with Gasteiger partial charge in [0.25, 0.3) is 0 Å². The lowest BCUT2D eigenvalue weighted by Gasteiger charge is -2.09. The molecular formula is C16H10Cl2N2O4. The maximum absolute atomic E-state index is 11.8. The molecule has 24 heavy (non-hydrogen) atoms. The Morgan fingerprint density at radius 3 is 2.71 bits per heavy atom. The van der Waals surface area contributed by atoms with Crippen molar-refractivity contribution in [2.75, 3.05) is 5.32 Å². The molecule has 0 unspecified atom stereocenters. The van der Waals surface area contributed by atoms with Crippen LogP contribution in [0.15, 0.2) is 54.4 Å². The normalized spacial score (nSPS) is 16.5. The Bertz CT molecular complexity index is 867. The van der Waals surface area contributed by atoms with Gasteiger partial charge in [0, 0.05) is 10.6 Å². The number of hydrogen-bond acceptors (Lipinski definition) is 5. The first-order valence-corrected chi connectivity index (χ1v) is 7.59. The molecule has 0 radical (unpaired) electrons. The second-order valence-electron chi connectivity index (χ2n) is 4.97. The number of carbonyl (C=O) groups is 1. The Kier molecular flexibility index (Phi) is 4.42. The van der Waals surface area contributed by atoms with Gasteiger partial charge in [-0.25, -0.2) is 4.79 Å². The number of ether oxygens (including phenoxy) is 1. The van der Waals surface area contributed by atoms with Gasteiger partial charge in [-0.1, -0.05) is 41.4 Å². The van der Waals surface area contributed by atoms with E-state index < -0.39 is 17.0 Å². The highest BCUT2D eigenvalue weighted by molar-refractivity contribution is 6.36. The van der Waals surface area contributed by atoms with Crippen LogP contribution in [0.4, 0.5) is 5.69 Å². The highest BCUT2D eigenvalue weighted by atomic mass is 35.5. The number of esters is 1. The van der Waals surface area contributed by atoms with Crippen LogP contribution in [0.3, 0.4) is 0 Å². The fourth-order valence-corrected chi connectivity index (χ4v) is 2.81. The third-order valence-electron chi connectivity index (χ3n) is 3.47. The van der Waals surface area contributed by atoms with Gasteiger partial charge < -0.3 is 10.1 Å². The van der Waals surface area contributed by atoms with E-state index in [0.29, 0.717) is 26.9 Å². The Hall–Kier alpha value is -2.57. The Morgan fingerprint density at radius 1 is 1.25 bits per heavy atom. The van der Waals surface area contributed by atoms with Crippen LogP contribution in [0.5, 0.6) is 0 Å². The predicted octanol–water partition coefficient (Wildman–Crippen LogP) is 4.44. The predicted molar refractivity (Wildman–Crippen MR) is 89.8 cm³/mol. The number of carbonyl (C=O) groups excluding carboxylic acids is 1. The van der Waals surface area contributed by atoms with Crippen molar-refractivity contribution in [2.45, 2.75) is 6.10 Å². The third-order valence-corrected chi connectivity index (χ3v) is 4.02. The summed E-state index contributed by atoms with van der Waals surface area (Å²) in [6, 6.07) is 11.2. The molecule has 0 spiro atoms. The Balaban J connectivity index is 1.94. The van der Waals surface area contributed by atoms with Crippen molar-refractivity contribution in [3.63, 3.8) is 0 Å². The molecule has 8 heteroatoms. The molecule has 0 aromatic heterocycles. The molecule has 1 atom stereocenters. The minimum atomic E-state index is -1.08. The van der Waals surface area contributed by atoms with Crippen LogP contribution in [0.1, 0.15) is 22.0 Å². The van der Waals surface area contributed by atoms with E-state index in [1.54, 1.807) is 36.4 Å². The summed E-state index contributed by atoms with van der Waals surface area (Å²) in [5, 5.41) is 14.9. The summed E-state index contributed by atoms with van der Waals surface area (Å²) < 4.78 is 5.15. The number of nitrogens with one attached hydrogen (secondary N) is 1. The minimum absolute atomic E-state index is 0.306. The van der Waals surface area contributed by atoms with E-state index in [0.717, 1.165) is 6.20 Å². The van der Waals surface area contributed by atoms with E-state index in [-0.39, 0.29) is 5.70 Å². The lowest BCUT2D eigenvalue weighted by atomic mass is 10.0. The molecule has 0 bridgehead atoms. The van der Waals surface area contributed by atoms with Crippen LogP contribution in [0.25, 0.3) is 0 Å². The molecule has 1 heterocycles. The van der Waals surface area contributed by atoms with Gasteiger partial charge in [0.2, 0.25) is 6.10 Å². The van der Waals surface area contributed by atoms with Crippen molar-refractivity contribution in [3.05, 3.63) is 85.6 Å². The molecule has 0 aliphatic carbocycles. The number of nitro groups is 1. The molecule has 3 rings (SSSR count). The van der Waals surface area contributed by atoms with Gasteiger partial charge >= 0.3 is 11.7 Å². The number of fused-ring (bicyclic) bond motifs is 1. The van der Waals surface area contributed by atoms with Crippen LogP contribution in [-0.2, 0) is 4.74 Å². The molecule has 1 N–H and O–H groups in total. The molecule has 0 saturated carbocycles. The van der Waals surface area contributed by atoms with Gasteiger partial charge in [-0.05, 0) is 24.3 Å². The average Bonchev–Trinajstić information content (AvgIpc) is 2.87. The summed E-state index contributed by atoms with van der Waals surface area (Å²) in [4.78, 5) is 22.7. The molecule has 122 valence electrons. The number of halogens is 2. The van der Waals surface area contributed by atoms with Crippen LogP contribution < -0.4 is 5.32 Å². The molecule has 0 fully saturated rings. The highest BCUT2D eigenvalue weighted by Gasteiger charge is 2.39. The molecule has 2 aromatic carbocycles. The van der Waals surface area contributed by atoms with Crippen molar-refractivity contribution in [1.82, 2.24) is 0 Å². The van der Waals surface area contributed by atoms with Crippen LogP contribution in [0, 0.1) is 10.1 Å². The zero-order valence-corrected chi connectivity index (χ0v) is 13.5. The molecule has 2 aromatic rings. The number of nitrogens with zero attached hydrogens (tertiary/aromatic N) is 1. The lowest BCUT2D eigenvalue weighted by Crippen LogP contribution is -2.12. The molecule has 1 aliphatic heterocycles. The summed E-state index contributed by atoms with van der Waals surface area (Å²) in [5.41, 5.74) is 0.909. The Labute approximate surface area is 146 Å². The van der Waals surface area contributed by atoms with Gasteiger partial charge in [-0.3, -0.25) is 10.1 Å². The summed E-state index contributed by atoms with van der Waals surface area (Å²) in [6.45, 7) is 0. The highest BCUT2D eigenvalue weighted by Crippen LogP contribution is 2.36. The topological polar surface area (TPSA) is 81.5 Å². The molecule has 1 aliphatic rings. The van der Waals surface area contributed by atoms with E-state index in [2.05, 4.69) is 5.32 Å². The third kappa shape index (κ3) is 3.06. The van der Waals surface area contributed by atoms with Crippen molar-refractivity contribution < 1.29 is 14.5 Å².